The summed E-state index contributed by atoms with van der Waals surface area (Å²) in [6, 6.07) is 8.12. The Morgan fingerprint density at radius 3 is 2.83 bits per heavy atom. The first-order valence-electron chi connectivity index (χ1n) is 3.82. The zero-order chi connectivity index (χ0) is 8.60. The molecule has 2 rings (SSSR count). The topological polar surface area (TPSA) is 9.23 Å². The minimum atomic E-state index is -0.353. The third kappa shape index (κ3) is 1.67. The number of hydrogen-bond acceptors (Lipinski definition) is 1. The van der Waals surface area contributed by atoms with Crippen LogP contribution in [-0.2, 0) is 6.42 Å². The highest BCUT2D eigenvalue weighted by Gasteiger charge is 2.29. The van der Waals surface area contributed by atoms with Crippen LogP contribution in [0, 0.1) is 0 Å². The number of hydrogen-bond donors (Lipinski definition) is 0. The van der Waals surface area contributed by atoms with Gasteiger partial charge < -0.3 is 4.74 Å². The zero-order valence-corrected chi connectivity index (χ0v) is 9.56. The van der Waals surface area contributed by atoms with Crippen LogP contribution in [-0.4, -0.2) is 3.42 Å². The number of aryl methyl sites for hydroxylation is 1. The van der Waals surface area contributed by atoms with Gasteiger partial charge in [0, 0.05) is 6.42 Å². The molecule has 0 saturated carbocycles. The van der Waals surface area contributed by atoms with E-state index >= 15 is 0 Å². The molecule has 0 N–H and O–H groups in total. The van der Waals surface area contributed by atoms with E-state index in [9.17, 15) is 0 Å². The van der Waals surface area contributed by atoms with Gasteiger partial charge in [0.2, 0.25) is 3.42 Å². The molecule has 0 atom stereocenters. The Labute approximate surface area is 88.4 Å². The molecule has 0 bridgehead atoms. The summed E-state index contributed by atoms with van der Waals surface area (Å²) in [6.07, 6.45) is 2.00. The van der Waals surface area contributed by atoms with Gasteiger partial charge in [0.15, 0.2) is 0 Å². The molecule has 1 aliphatic heterocycles. The summed E-state index contributed by atoms with van der Waals surface area (Å²) in [5, 5.41) is 0. The van der Waals surface area contributed by atoms with Crippen molar-refractivity contribution < 1.29 is 4.74 Å². The van der Waals surface area contributed by atoms with Crippen LogP contribution < -0.4 is 4.74 Å². The maximum atomic E-state index is 5.65. The fraction of sp³-hybridized carbons (Fsp3) is 0.333. The number of halogens is 2. The number of ether oxygens (including phenoxy) is 1. The van der Waals surface area contributed by atoms with E-state index in [1.165, 1.54) is 5.56 Å². The maximum absolute atomic E-state index is 5.65. The first kappa shape index (κ1) is 8.57. The standard InChI is InChI=1S/C9H8Br2O/c10-9(11)6-5-7-3-1-2-4-8(7)12-9/h1-4H,5-6H2. The molecule has 0 saturated heterocycles. The van der Waals surface area contributed by atoms with Crippen LogP contribution in [0.15, 0.2) is 24.3 Å². The van der Waals surface area contributed by atoms with Crippen molar-refractivity contribution in [3.63, 3.8) is 0 Å². The third-order valence-corrected chi connectivity index (χ3v) is 3.03. The van der Waals surface area contributed by atoms with E-state index in [-0.39, 0.29) is 3.42 Å². The molecule has 0 amide bonds. The number of alkyl halides is 2. The van der Waals surface area contributed by atoms with Gasteiger partial charge in [-0.15, -0.1) is 0 Å². The molecule has 1 nitrogen and oxygen atoms in total. The predicted molar refractivity (Wildman–Crippen MR) is 56.0 cm³/mol. The SMILES string of the molecule is BrC1(Br)CCc2ccccc2O1. The number of para-hydroxylation sites is 1. The van der Waals surface area contributed by atoms with Gasteiger partial charge in [0.1, 0.15) is 5.75 Å². The summed E-state index contributed by atoms with van der Waals surface area (Å²) >= 11 is 6.91. The molecule has 64 valence electrons. The van der Waals surface area contributed by atoms with Gasteiger partial charge >= 0.3 is 0 Å². The van der Waals surface area contributed by atoms with Crippen molar-refractivity contribution in [2.75, 3.05) is 0 Å². The normalized spacial score (nSPS) is 19.5. The fourth-order valence-corrected chi connectivity index (χ4v) is 2.05. The van der Waals surface area contributed by atoms with Gasteiger partial charge in [0.05, 0.1) is 0 Å². The molecule has 0 aromatic heterocycles. The molecule has 1 aromatic carbocycles. The van der Waals surface area contributed by atoms with Crippen molar-refractivity contribution in [2.45, 2.75) is 16.3 Å². The Balaban J connectivity index is 2.35. The lowest BCUT2D eigenvalue weighted by atomic mass is 10.1. The van der Waals surface area contributed by atoms with E-state index < -0.39 is 0 Å². The molecular weight excluding hydrogens is 284 g/mol. The monoisotopic (exact) mass is 290 g/mol. The van der Waals surface area contributed by atoms with Gasteiger partial charge in [-0.2, -0.15) is 0 Å². The minimum Gasteiger partial charge on any atom is -0.466 e. The van der Waals surface area contributed by atoms with E-state index in [0.29, 0.717) is 0 Å². The highest BCUT2D eigenvalue weighted by atomic mass is 79.9. The van der Waals surface area contributed by atoms with Crippen LogP contribution in [0.25, 0.3) is 0 Å². The first-order valence-corrected chi connectivity index (χ1v) is 5.41. The van der Waals surface area contributed by atoms with E-state index in [0.717, 1.165) is 18.6 Å². The Morgan fingerprint density at radius 2 is 2.00 bits per heavy atom. The lowest BCUT2D eigenvalue weighted by molar-refractivity contribution is 0.238. The van der Waals surface area contributed by atoms with Crippen molar-refractivity contribution >= 4 is 31.9 Å². The molecule has 0 aliphatic carbocycles. The Morgan fingerprint density at radius 1 is 1.25 bits per heavy atom. The Hall–Kier alpha value is -0.0200. The van der Waals surface area contributed by atoms with Crippen molar-refractivity contribution in [3.05, 3.63) is 29.8 Å². The second kappa shape index (κ2) is 3.04. The van der Waals surface area contributed by atoms with Gasteiger partial charge in [-0.05, 0) is 49.9 Å². The molecule has 1 aliphatic rings. The van der Waals surface area contributed by atoms with Gasteiger partial charge in [-0.1, -0.05) is 18.2 Å². The molecule has 1 heterocycles. The van der Waals surface area contributed by atoms with Crippen molar-refractivity contribution in [1.82, 2.24) is 0 Å². The first-order chi connectivity index (χ1) is 5.67. The van der Waals surface area contributed by atoms with Gasteiger partial charge in [0.25, 0.3) is 0 Å². The number of fused-ring (bicyclic) bond motifs is 1. The molecule has 12 heavy (non-hydrogen) atoms. The molecule has 0 unspecified atom stereocenters. The highest BCUT2D eigenvalue weighted by Crippen LogP contribution is 2.40. The van der Waals surface area contributed by atoms with Crippen LogP contribution in [0.2, 0.25) is 0 Å². The van der Waals surface area contributed by atoms with Crippen LogP contribution in [0.1, 0.15) is 12.0 Å². The summed E-state index contributed by atoms with van der Waals surface area (Å²) in [5.74, 6) is 0.970. The van der Waals surface area contributed by atoms with Crippen LogP contribution in [0.4, 0.5) is 0 Å². The van der Waals surface area contributed by atoms with Crippen molar-refractivity contribution in [3.8, 4) is 5.75 Å². The lowest BCUT2D eigenvalue weighted by Crippen LogP contribution is -2.25. The summed E-state index contributed by atoms with van der Waals surface area (Å²) < 4.78 is 5.30. The van der Waals surface area contributed by atoms with Gasteiger partial charge in [-0.3, -0.25) is 0 Å². The largest absolute Gasteiger partial charge is 0.466 e. The van der Waals surface area contributed by atoms with Crippen molar-refractivity contribution in [2.24, 2.45) is 0 Å². The molecular formula is C9H8Br2O. The average Bonchev–Trinajstić information content (AvgIpc) is 2.02. The van der Waals surface area contributed by atoms with Crippen LogP contribution in [0.3, 0.4) is 0 Å². The maximum Gasteiger partial charge on any atom is 0.218 e. The quantitative estimate of drug-likeness (QED) is 0.665. The van der Waals surface area contributed by atoms with Crippen LogP contribution >= 0.6 is 31.9 Å². The summed E-state index contributed by atoms with van der Waals surface area (Å²) in [7, 11) is 0. The third-order valence-electron chi connectivity index (χ3n) is 1.92. The van der Waals surface area contributed by atoms with E-state index in [1.54, 1.807) is 0 Å². The van der Waals surface area contributed by atoms with Crippen LogP contribution in [0.5, 0.6) is 5.75 Å². The van der Waals surface area contributed by atoms with E-state index in [2.05, 4.69) is 37.9 Å². The Kier molecular flexibility index (Phi) is 2.17. The van der Waals surface area contributed by atoms with Crippen molar-refractivity contribution in [1.29, 1.82) is 0 Å². The predicted octanol–water partition coefficient (Wildman–Crippen LogP) is 3.46. The van der Waals surface area contributed by atoms with E-state index in [4.69, 9.17) is 4.74 Å². The van der Waals surface area contributed by atoms with E-state index in [1.807, 2.05) is 18.2 Å². The minimum absolute atomic E-state index is 0.353. The summed E-state index contributed by atoms with van der Waals surface area (Å²) in [6.45, 7) is 0. The second-order valence-electron chi connectivity index (χ2n) is 2.85. The fourth-order valence-electron chi connectivity index (χ4n) is 1.30. The molecule has 3 heteroatoms. The smallest absolute Gasteiger partial charge is 0.218 e. The second-order valence-corrected chi connectivity index (χ2v) is 6.47. The lowest BCUT2D eigenvalue weighted by Gasteiger charge is -2.28. The average molecular weight is 292 g/mol. The zero-order valence-electron chi connectivity index (χ0n) is 6.39. The number of rotatable bonds is 0. The molecule has 0 radical (unpaired) electrons. The summed E-state index contributed by atoms with van der Waals surface area (Å²) in [4.78, 5) is 0. The molecule has 0 fully saturated rings. The number of benzene rings is 1. The van der Waals surface area contributed by atoms with Gasteiger partial charge in [-0.25, -0.2) is 0 Å². The highest BCUT2D eigenvalue weighted by molar-refractivity contribution is 9.25. The molecule has 1 aromatic rings. The Bertz CT molecular complexity index is 296. The molecule has 0 spiro atoms. The summed E-state index contributed by atoms with van der Waals surface area (Å²) in [5.41, 5.74) is 1.28.